The molecule has 11 nitrogen and oxygen atoms in total. The molecule has 0 radical (unpaired) electrons. The van der Waals surface area contributed by atoms with Crippen LogP contribution in [-0.4, -0.2) is 43.4 Å². The molecule has 0 bridgehead atoms. The van der Waals surface area contributed by atoms with E-state index < -0.39 is 19.7 Å². The number of benzene rings is 4. The molecule has 5 aromatic rings. The summed E-state index contributed by atoms with van der Waals surface area (Å²) < 4.78 is 65.6. The standard InChI is InChI=1S/C31H28N4O7S2/c1-2-3-20-32-30-33-21-34-31(35-30)42-29-27(10-7-11-28(29)44(39,40)24-8-5-4-6-9-24)41-23-14-18-26(19-15-23)43(37,38)25-16-12-22(36)13-17-25/h4-19,21,36H,2-3,20H2,1H3,(H,32,33,34,35). The highest BCUT2D eigenvalue weighted by Gasteiger charge is 2.27. The van der Waals surface area contributed by atoms with Gasteiger partial charge in [0.15, 0.2) is 11.5 Å². The Hall–Kier alpha value is -5.01. The molecule has 2 N–H and O–H groups in total. The normalized spacial score (nSPS) is 11.6. The monoisotopic (exact) mass is 632 g/mol. The van der Waals surface area contributed by atoms with Gasteiger partial charge in [-0.15, -0.1) is 0 Å². The molecular weight excluding hydrogens is 604 g/mol. The van der Waals surface area contributed by atoms with Gasteiger partial charge in [-0.3, -0.25) is 0 Å². The molecule has 226 valence electrons. The molecular formula is C31H28N4O7S2. The van der Waals surface area contributed by atoms with E-state index in [9.17, 15) is 21.9 Å². The number of hydrogen-bond acceptors (Lipinski definition) is 11. The molecule has 0 aliphatic carbocycles. The lowest BCUT2D eigenvalue weighted by atomic mass is 10.3. The molecule has 5 rings (SSSR count). The van der Waals surface area contributed by atoms with E-state index >= 15 is 0 Å². The average Bonchev–Trinajstić information content (AvgIpc) is 3.03. The van der Waals surface area contributed by atoms with Crippen LogP contribution >= 0.6 is 0 Å². The van der Waals surface area contributed by atoms with Crippen LogP contribution in [-0.2, 0) is 19.7 Å². The summed E-state index contributed by atoms with van der Waals surface area (Å²) in [5, 5.41) is 12.6. The molecule has 1 aromatic heterocycles. The minimum absolute atomic E-state index is 0.000655. The second-order valence-corrected chi connectivity index (χ2v) is 13.3. The van der Waals surface area contributed by atoms with Gasteiger partial charge in [-0.2, -0.15) is 9.97 Å². The van der Waals surface area contributed by atoms with E-state index in [-0.39, 0.29) is 54.5 Å². The Morgan fingerprint density at radius 3 is 2.07 bits per heavy atom. The highest BCUT2D eigenvalue weighted by molar-refractivity contribution is 7.91. The average molecular weight is 633 g/mol. The van der Waals surface area contributed by atoms with Crippen molar-refractivity contribution in [2.75, 3.05) is 11.9 Å². The Bertz CT molecular complexity index is 1950. The van der Waals surface area contributed by atoms with Gasteiger partial charge in [0.2, 0.25) is 25.6 Å². The van der Waals surface area contributed by atoms with Crippen LogP contribution in [0.15, 0.2) is 123 Å². The first kappa shape index (κ1) is 30.4. The number of nitrogens with zero attached hydrogens (tertiary/aromatic N) is 3. The minimum Gasteiger partial charge on any atom is -0.508 e. The van der Waals surface area contributed by atoms with Crippen LogP contribution in [0.3, 0.4) is 0 Å². The van der Waals surface area contributed by atoms with Crippen LogP contribution in [0, 0.1) is 0 Å². The zero-order valence-corrected chi connectivity index (χ0v) is 25.1. The molecule has 0 spiro atoms. The van der Waals surface area contributed by atoms with Crippen molar-refractivity contribution < 1.29 is 31.4 Å². The van der Waals surface area contributed by atoms with Gasteiger partial charge in [0, 0.05) is 6.54 Å². The smallest absolute Gasteiger partial charge is 0.326 e. The maximum Gasteiger partial charge on any atom is 0.326 e. The highest BCUT2D eigenvalue weighted by atomic mass is 32.2. The molecule has 0 aliphatic heterocycles. The summed E-state index contributed by atoms with van der Waals surface area (Å²) in [4.78, 5) is 12.3. The number of para-hydroxylation sites is 1. The van der Waals surface area contributed by atoms with E-state index in [4.69, 9.17) is 9.47 Å². The Kier molecular flexibility index (Phi) is 9.07. The van der Waals surface area contributed by atoms with E-state index in [2.05, 4.69) is 27.2 Å². The summed E-state index contributed by atoms with van der Waals surface area (Å²) in [6.45, 7) is 2.68. The van der Waals surface area contributed by atoms with Crippen LogP contribution in [0.5, 0.6) is 29.0 Å². The summed E-state index contributed by atoms with van der Waals surface area (Å²) in [6, 6.07) is 22.9. The number of aromatic nitrogens is 3. The topological polar surface area (TPSA) is 158 Å². The van der Waals surface area contributed by atoms with E-state index in [1.54, 1.807) is 18.2 Å². The quantitative estimate of drug-likeness (QED) is 0.155. The fraction of sp³-hybridized carbons (Fsp3) is 0.129. The SMILES string of the molecule is CCCCNc1ncnc(Oc2c(Oc3ccc(S(=O)(=O)c4ccc(O)cc4)cc3)cccc2S(=O)(=O)c2ccccc2)n1. The number of aromatic hydroxyl groups is 1. The number of hydrogen-bond donors (Lipinski definition) is 2. The fourth-order valence-corrected chi connectivity index (χ4v) is 6.75. The number of nitrogens with one attached hydrogen (secondary N) is 1. The summed E-state index contributed by atoms with van der Waals surface area (Å²) in [5.74, 6) is 0.286. The van der Waals surface area contributed by atoms with Gasteiger partial charge >= 0.3 is 6.01 Å². The largest absolute Gasteiger partial charge is 0.508 e. The van der Waals surface area contributed by atoms with Gasteiger partial charge < -0.3 is 19.9 Å². The predicted molar refractivity (Wildman–Crippen MR) is 162 cm³/mol. The van der Waals surface area contributed by atoms with Crippen LogP contribution in [0.2, 0.25) is 0 Å². The molecule has 0 saturated carbocycles. The van der Waals surface area contributed by atoms with Crippen molar-refractivity contribution in [2.45, 2.75) is 39.3 Å². The number of rotatable bonds is 12. The maximum atomic E-state index is 13.7. The number of ether oxygens (including phenoxy) is 2. The molecule has 13 heteroatoms. The van der Waals surface area contributed by atoms with Crippen molar-refractivity contribution in [3.05, 3.63) is 103 Å². The molecule has 0 unspecified atom stereocenters. The number of phenols is 1. The van der Waals surface area contributed by atoms with Crippen LogP contribution < -0.4 is 14.8 Å². The van der Waals surface area contributed by atoms with E-state index in [1.165, 1.54) is 85.2 Å². The molecule has 0 saturated heterocycles. The zero-order valence-electron chi connectivity index (χ0n) is 23.5. The predicted octanol–water partition coefficient (Wildman–Crippen LogP) is 6.04. The van der Waals surface area contributed by atoms with Gasteiger partial charge in [0.25, 0.3) is 0 Å². The molecule has 1 heterocycles. The summed E-state index contributed by atoms with van der Waals surface area (Å²) in [7, 11) is -7.94. The second kappa shape index (κ2) is 13.1. The number of phenolic OH excluding ortho intramolecular Hbond substituents is 1. The third-order valence-corrected chi connectivity index (χ3v) is 9.93. The summed E-state index contributed by atoms with van der Waals surface area (Å²) >= 11 is 0. The van der Waals surface area contributed by atoms with Gasteiger partial charge in [-0.05, 0) is 79.2 Å². The van der Waals surface area contributed by atoms with Gasteiger partial charge in [0.1, 0.15) is 22.7 Å². The minimum atomic E-state index is -4.08. The Balaban J connectivity index is 1.51. The Morgan fingerprint density at radius 2 is 1.39 bits per heavy atom. The number of anilines is 1. The first-order valence-electron chi connectivity index (χ1n) is 13.5. The Morgan fingerprint density at radius 1 is 0.727 bits per heavy atom. The highest BCUT2D eigenvalue weighted by Crippen LogP contribution is 2.41. The molecule has 0 aliphatic rings. The first-order chi connectivity index (χ1) is 21.2. The van der Waals surface area contributed by atoms with Crippen molar-refractivity contribution in [1.82, 2.24) is 15.0 Å². The third-order valence-electron chi connectivity index (χ3n) is 6.35. The number of sulfone groups is 2. The van der Waals surface area contributed by atoms with Crippen molar-refractivity contribution >= 4 is 25.6 Å². The van der Waals surface area contributed by atoms with E-state index in [0.29, 0.717) is 6.54 Å². The van der Waals surface area contributed by atoms with E-state index in [0.717, 1.165) is 12.8 Å². The summed E-state index contributed by atoms with van der Waals surface area (Å²) in [5.41, 5.74) is 0. The lowest BCUT2D eigenvalue weighted by Gasteiger charge is -2.16. The first-order valence-corrected chi connectivity index (χ1v) is 16.5. The van der Waals surface area contributed by atoms with Crippen molar-refractivity contribution in [1.29, 1.82) is 0 Å². The van der Waals surface area contributed by atoms with Crippen molar-refractivity contribution in [3.63, 3.8) is 0 Å². The summed E-state index contributed by atoms with van der Waals surface area (Å²) in [6.07, 6.45) is 3.11. The van der Waals surface area contributed by atoms with Gasteiger partial charge in [-0.1, -0.05) is 37.6 Å². The molecule has 0 amide bonds. The molecule has 44 heavy (non-hydrogen) atoms. The van der Waals surface area contributed by atoms with Gasteiger partial charge in [-0.25, -0.2) is 21.8 Å². The van der Waals surface area contributed by atoms with E-state index in [1.807, 2.05) is 0 Å². The lowest BCUT2D eigenvalue weighted by Crippen LogP contribution is -2.08. The Labute approximate surface area is 255 Å². The zero-order chi connectivity index (χ0) is 31.2. The maximum absolute atomic E-state index is 13.7. The van der Waals surface area contributed by atoms with Gasteiger partial charge in [0.05, 0.1) is 14.7 Å². The third kappa shape index (κ3) is 6.79. The molecule has 0 atom stereocenters. The lowest BCUT2D eigenvalue weighted by molar-refractivity contribution is 0.387. The van der Waals surface area contributed by atoms with Crippen molar-refractivity contribution in [3.8, 4) is 29.0 Å². The molecule has 0 fully saturated rings. The van der Waals surface area contributed by atoms with Crippen LogP contribution in [0.1, 0.15) is 19.8 Å². The van der Waals surface area contributed by atoms with Crippen LogP contribution in [0.4, 0.5) is 5.95 Å². The van der Waals surface area contributed by atoms with Crippen molar-refractivity contribution in [2.24, 2.45) is 0 Å². The molecule has 4 aromatic carbocycles. The number of unbranched alkanes of at least 4 members (excludes halogenated alkanes) is 1. The second-order valence-electron chi connectivity index (χ2n) is 9.44. The fourth-order valence-electron chi connectivity index (χ4n) is 4.07. The van der Waals surface area contributed by atoms with Crippen LogP contribution in [0.25, 0.3) is 0 Å².